The van der Waals surface area contributed by atoms with Gasteiger partial charge in [0.1, 0.15) is 12.4 Å². The second-order valence-electron chi connectivity index (χ2n) is 8.37. The summed E-state index contributed by atoms with van der Waals surface area (Å²) in [6, 6.07) is 15.2. The van der Waals surface area contributed by atoms with Crippen molar-refractivity contribution in [3.8, 4) is 5.75 Å². The van der Waals surface area contributed by atoms with Crippen LogP contribution in [0.25, 0.3) is 0 Å². The molecular weight excluding hydrogens is 392 g/mol. The fraction of sp³-hybridized carbons (Fsp3) is 0.440. The zero-order valence-electron chi connectivity index (χ0n) is 18.0. The van der Waals surface area contributed by atoms with Crippen molar-refractivity contribution < 1.29 is 24.4 Å². The first-order valence-electron chi connectivity index (χ1n) is 11.1. The molecule has 1 unspecified atom stereocenters. The van der Waals surface area contributed by atoms with Crippen LogP contribution in [-0.2, 0) is 11.3 Å². The summed E-state index contributed by atoms with van der Waals surface area (Å²) in [7, 11) is 1.56. The van der Waals surface area contributed by atoms with Gasteiger partial charge in [-0.15, -0.1) is 4.99 Å². The highest BCUT2D eigenvalue weighted by atomic mass is 16.6. The van der Waals surface area contributed by atoms with Crippen LogP contribution in [0, 0.1) is 5.92 Å². The molecule has 164 valence electrons. The van der Waals surface area contributed by atoms with E-state index in [9.17, 15) is 9.90 Å². The van der Waals surface area contributed by atoms with Gasteiger partial charge in [-0.25, -0.2) is 0 Å². The molecule has 1 amide bonds. The lowest BCUT2D eigenvalue weighted by Crippen LogP contribution is -2.67. The molecule has 2 atom stereocenters. The second kappa shape index (κ2) is 9.86. The summed E-state index contributed by atoms with van der Waals surface area (Å²) in [6.45, 7) is 1.07. The van der Waals surface area contributed by atoms with Crippen LogP contribution in [0.2, 0.25) is 0 Å². The summed E-state index contributed by atoms with van der Waals surface area (Å²) in [4.78, 5) is 18.3. The van der Waals surface area contributed by atoms with Crippen molar-refractivity contribution in [1.29, 1.82) is 0 Å². The van der Waals surface area contributed by atoms with E-state index in [-0.39, 0.29) is 18.6 Å². The Bertz CT molecular complexity index is 926. The minimum atomic E-state index is -0.300. The fourth-order valence-corrected chi connectivity index (χ4v) is 4.86. The van der Waals surface area contributed by atoms with Gasteiger partial charge < -0.3 is 19.5 Å². The lowest BCUT2D eigenvalue weighted by molar-refractivity contribution is -0.382. The van der Waals surface area contributed by atoms with E-state index in [1.54, 1.807) is 25.3 Å². The van der Waals surface area contributed by atoms with Gasteiger partial charge in [0.25, 0.3) is 5.91 Å². The van der Waals surface area contributed by atoms with Gasteiger partial charge in [-0.05, 0) is 43.2 Å². The lowest BCUT2D eigenvalue weighted by Gasteiger charge is -2.44. The molecule has 1 aliphatic heterocycles. The maximum Gasteiger partial charge on any atom is 0.551 e. The molecule has 1 saturated carbocycles. The van der Waals surface area contributed by atoms with E-state index < -0.39 is 0 Å². The monoisotopic (exact) mass is 423 g/mol. The highest BCUT2D eigenvalue weighted by Gasteiger charge is 2.36. The third-order valence-corrected chi connectivity index (χ3v) is 6.41. The first-order chi connectivity index (χ1) is 15.2. The smallest absolute Gasteiger partial charge is 0.496 e. The molecule has 2 N–H and O–H groups in total. The summed E-state index contributed by atoms with van der Waals surface area (Å²) in [5.41, 5.74) is 2.11. The minimum absolute atomic E-state index is 0.0357. The SMILES string of the molecule is COc1cc([NH+]=C(O)OCc2ccccc2)ccc1C(=O)N1CCCC2CCCC[C@H]21. The van der Waals surface area contributed by atoms with Crippen LogP contribution >= 0.6 is 0 Å². The molecule has 1 aliphatic carbocycles. The number of fused-ring (bicyclic) bond motifs is 1. The summed E-state index contributed by atoms with van der Waals surface area (Å²) in [6.07, 6.45) is 6.80. The van der Waals surface area contributed by atoms with Gasteiger partial charge in [-0.1, -0.05) is 43.2 Å². The summed E-state index contributed by atoms with van der Waals surface area (Å²) in [5, 5.41) is 10.1. The number of nitrogens with one attached hydrogen (secondary N) is 1. The molecule has 6 heteroatoms. The first-order valence-corrected chi connectivity index (χ1v) is 11.1. The first kappa shape index (κ1) is 21.2. The molecule has 31 heavy (non-hydrogen) atoms. The Balaban J connectivity index is 1.47. The maximum absolute atomic E-state index is 13.4. The number of likely N-dealkylation sites (tertiary alicyclic amines) is 1. The number of hydrogen-bond donors (Lipinski definition) is 2. The third kappa shape index (κ3) is 5.01. The van der Waals surface area contributed by atoms with Gasteiger partial charge in [0.05, 0.1) is 18.7 Å². The summed E-state index contributed by atoms with van der Waals surface area (Å²) in [5.74, 6) is 1.16. The van der Waals surface area contributed by atoms with Crippen LogP contribution in [0.5, 0.6) is 5.75 Å². The number of nitrogens with zero attached hydrogens (tertiary/aromatic N) is 1. The van der Waals surface area contributed by atoms with E-state index in [4.69, 9.17) is 9.47 Å². The van der Waals surface area contributed by atoms with Crippen molar-refractivity contribution in [3.63, 3.8) is 0 Å². The summed E-state index contributed by atoms with van der Waals surface area (Å²) >= 11 is 0. The van der Waals surface area contributed by atoms with Gasteiger partial charge >= 0.3 is 6.08 Å². The number of ether oxygens (including phenoxy) is 2. The summed E-state index contributed by atoms with van der Waals surface area (Å²) < 4.78 is 10.9. The molecule has 1 saturated heterocycles. The Morgan fingerprint density at radius 2 is 1.87 bits per heavy atom. The van der Waals surface area contributed by atoms with Crippen molar-refractivity contribution in [2.75, 3.05) is 13.7 Å². The number of hydrogen-bond acceptors (Lipinski definition) is 3. The number of benzene rings is 2. The number of amides is 1. The average molecular weight is 424 g/mol. The largest absolute Gasteiger partial charge is 0.551 e. The average Bonchev–Trinajstić information content (AvgIpc) is 2.82. The van der Waals surface area contributed by atoms with E-state index >= 15 is 0 Å². The van der Waals surface area contributed by atoms with E-state index in [2.05, 4.69) is 9.89 Å². The lowest BCUT2D eigenvalue weighted by atomic mass is 9.78. The van der Waals surface area contributed by atoms with E-state index in [1.165, 1.54) is 25.7 Å². The van der Waals surface area contributed by atoms with Crippen molar-refractivity contribution in [2.45, 2.75) is 51.2 Å². The van der Waals surface area contributed by atoms with Gasteiger partial charge in [0, 0.05) is 18.7 Å². The van der Waals surface area contributed by atoms with Gasteiger partial charge in [0.15, 0.2) is 0 Å². The van der Waals surface area contributed by atoms with Crippen LogP contribution < -0.4 is 9.73 Å². The Morgan fingerprint density at radius 1 is 1.10 bits per heavy atom. The highest BCUT2D eigenvalue weighted by molar-refractivity contribution is 5.97. The highest BCUT2D eigenvalue weighted by Crippen LogP contribution is 2.36. The number of aliphatic hydroxyl groups excluding tert-OH is 1. The van der Waals surface area contributed by atoms with E-state index in [1.807, 2.05) is 30.3 Å². The number of carbonyl (C=O) groups excluding carboxylic acids is 1. The molecule has 1 heterocycles. The molecule has 0 bridgehead atoms. The topological polar surface area (TPSA) is 73.0 Å². The zero-order valence-corrected chi connectivity index (χ0v) is 18.0. The molecule has 0 aromatic heterocycles. The number of rotatable bonds is 5. The Morgan fingerprint density at radius 3 is 2.68 bits per heavy atom. The van der Waals surface area contributed by atoms with Gasteiger partial charge in [-0.3, -0.25) is 4.79 Å². The fourth-order valence-electron chi connectivity index (χ4n) is 4.86. The van der Waals surface area contributed by atoms with Crippen molar-refractivity contribution in [2.24, 2.45) is 5.92 Å². The zero-order chi connectivity index (χ0) is 21.6. The Labute approximate surface area is 183 Å². The van der Waals surface area contributed by atoms with E-state index in [0.717, 1.165) is 24.9 Å². The maximum atomic E-state index is 13.4. The standard InChI is InChI=1S/C25H30N2O4/c1-30-23-16-20(26-25(29)31-17-18-8-3-2-4-9-18)13-14-21(23)24(28)27-15-7-11-19-10-5-6-12-22(19)27/h2-4,8-9,13-14,16,19,22H,5-7,10-12,15,17H2,1H3,(H,26,29)/p+1/t19?,22-/m1/s1. The molecule has 0 radical (unpaired) electrons. The number of aliphatic hydroxyl groups is 1. The normalized spacial score (nSPS) is 21.3. The molecule has 0 spiro atoms. The predicted molar refractivity (Wildman–Crippen MR) is 119 cm³/mol. The van der Waals surface area contributed by atoms with Crippen molar-refractivity contribution in [1.82, 2.24) is 4.90 Å². The quantitative estimate of drug-likeness (QED) is 0.572. The van der Waals surface area contributed by atoms with Crippen LogP contribution in [-0.4, -0.2) is 41.7 Å². The Hall–Kier alpha value is -3.02. The number of carbonyl (C=O) groups is 1. The van der Waals surface area contributed by atoms with Crippen LogP contribution in [0.15, 0.2) is 48.5 Å². The molecule has 2 fully saturated rings. The number of methoxy groups -OCH3 is 1. The second-order valence-corrected chi connectivity index (χ2v) is 8.37. The molecule has 6 nitrogen and oxygen atoms in total. The Kier molecular flexibility index (Phi) is 6.75. The van der Waals surface area contributed by atoms with Crippen molar-refractivity contribution >= 4 is 17.7 Å². The van der Waals surface area contributed by atoms with Crippen LogP contribution in [0.4, 0.5) is 5.69 Å². The van der Waals surface area contributed by atoms with Gasteiger partial charge in [-0.2, -0.15) is 0 Å². The van der Waals surface area contributed by atoms with Gasteiger partial charge in [0.2, 0.25) is 5.69 Å². The molecule has 2 aromatic carbocycles. The van der Waals surface area contributed by atoms with Crippen LogP contribution in [0.1, 0.15) is 54.4 Å². The molecular formula is C25H31N2O4+. The van der Waals surface area contributed by atoms with Crippen molar-refractivity contribution in [3.05, 3.63) is 59.7 Å². The molecule has 2 aliphatic rings. The minimum Gasteiger partial charge on any atom is -0.496 e. The van der Waals surface area contributed by atoms with E-state index in [0.29, 0.717) is 29.0 Å². The predicted octanol–water partition coefficient (Wildman–Crippen LogP) is 3.33. The number of piperidine rings is 1. The molecule has 4 rings (SSSR count). The third-order valence-electron chi connectivity index (χ3n) is 6.41. The van der Waals surface area contributed by atoms with Crippen LogP contribution in [0.3, 0.4) is 0 Å². The molecule has 2 aromatic rings.